The fraction of sp³-hybridized carbons (Fsp3) is 0.0833. The van der Waals surface area contributed by atoms with Crippen molar-refractivity contribution in [3.63, 3.8) is 0 Å². The maximum Gasteiger partial charge on any atom is 0.417 e. The molecule has 0 radical (unpaired) electrons. The minimum absolute atomic E-state index is 0.102. The standard InChI is InChI=1S/C12H7F3N2O2S/c13-12(14,15)7-1-4-10(17-5-7)20-8-2-3-9(11(18)19)16-6-8/h1-6H,(H,18,19). The van der Waals surface area contributed by atoms with Crippen LogP contribution in [0.2, 0.25) is 0 Å². The zero-order chi connectivity index (χ0) is 14.8. The number of aromatic carboxylic acids is 1. The van der Waals surface area contributed by atoms with Gasteiger partial charge in [-0.1, -0.05) is 11.8 Å². The van der Waals surface area contributed by atoms with Gasteiger partial charge in [0.05, 0.1) is 5.56 Å². The summed E-state index contributed by atoms with van der Waals surface area (Å²) in [5.41, 5.74) is -0.920. The molecule has 0 saturated heterocycles. The van der Waals surface area contributed by atoms with Crippen LogP contribution in [0.1, 0.15) is 16.1 Å². The molecule has 0 spiro atoms. The van der Waals surface area contributed by atoms with Crippen LogP contribution >= 0.6 is 11.8 Å². The number of aromatic nitrogens is 2. The molecular formula is C12H7F3N2O2S. The highest BCUT2D eigenvalue weighted by atomic mass is 32.2. The second-order valence-corrected chi connectivity index (χ2v) is 4.76. The van der Waals surface area contributed by atoms with Crippen LogP contribution in [0.15, 0.2) is 46.6 Å². The summed E-state index contributed by atoms with van der Waals surface area (Å²) in [5.74, 6) is -1.14. The van der Waals surface area contributed by atoms with Gasteiger partial charge in [-0.05, 0) is 24.3 Å². The molecule has 1 N–H and O–H groups in total. The number of hydrogen-bond donors (Lipinski definition) is 1. The first kappa shape index (κ1) is 14.3. The molecule has 2 rings (SSSR count). The molecule has 0 fully saturated rings. The van der Waals surface area contributed by atoms with Gasteiger partial charge >= 0.3 is 12.1 Å². The quantitative estimate of drug-likeness (QED) is 0.942. The van der Waals surface area contributed by atoms with Gasteiger partial charge in [0.2, 0.25) is 0 Å². The van der Waals surface area contributed by atoms with Gasteiger partial charge in [0.1, 0.15) is 10.7 Å². The summed E-state index contributed by atoms with van der Waals surface area (Å²) in [4.78, 5) is 18.6. The van der Waals surface area contributed by atoms with E-state index in [0.29, 0.717) is 9.92 Å². The number of carboxylic acid groups (broad SMARTS) is 1. The number of carboxylic acids is 1. The number of pyridine rings is 2. The topological polar surface area (TPSA) is 63.1 Å². The minimum atomic E-state index is -4.42. The number of alkyl halides is 3. The molecule has 0 aliphatic heterocycles. The van der Waals surface area contributed by atoms with Crippen LogP contribution in [-0.2, 0) is 6.18 Å². The number of rotatable bonds is 3. The fourth-order valence-electron chi connectivity index (χ4n) is 1.30. The predicted molar refractivity (Wildman–Crippen MR) is 64.6 cm³/mol. The van der Waals surface area contributed by atoms with Crippen molar-refractivity contribution >= 4 is 17.7 Å². The smallest absolute Gasteiger partial charge is 0.417 e. The molecule has 0 amide bonds. The van der Waals surface area contributed by atoms with E-state index >= 15 is 0 Å². The van der Waals surface area contributed by atoms with Crippen molar-refractivity contribution in [3.05, 3.63) is 47.9 Å². The Hall–Kier alpha value is -2.09. The summed E-state index contributed by atoms with van der Waals surface area (Å²) < 4.78 is 37.1. The lowest BCUT2D eigenvalue weighted by atomic mass is 10.3. The number of nitrogens with zero attached hydrogens (tertiary/aromatic N) is 2. The molecule has 0 aromatic carbocycles. The summed E-state index contributed by atoms with van der Waals surface area (Å²) >= 11 is 1.09. The van der Waals surface area contributed by atoms with E-state index in [0.717, 1.165) is 24.0 Å². The summed E-state index contributed by atoms with van der Waals surface area (Å²) in [6, 6.07) is 5.02. The van der Waals surface area contributed by atoms with Crippen molar-refractivity contribution in [2.45, 2.75) is 16.1 Å². The van der Waals surface area contributed by atoms with E-state index in [1.807, 2.05) is 0 Å². The lowest BCUT2D eigenvalue weighted by Gasteiger charge is -2.06. The third-order valence-electron chi connectivity index (χ3n) is 2.24. The maximum absolute atomic E-state index is 12.4. The van der Waals surface area contributed by atoms with Crippen molar-refractivity contribution in [2.24, 2.45) is 0 Å². The maximum atomic E-state index is 12.4. The summed E-state index contributed by atoms with van der Waals surface area (Å²) in [6.07, 6.45) is -2.34. The van der Waals surface area contributed by atoms with Crippen LogP contribution in [0, 0.1) is 0 Å². The van der Waals surface area contributed by atoms with E-state index in [2.05, 4.69) is 9.97 Å². The largest absolute Gasteiger partial charge is 0.477 e. The summed E-state index contributed by atoms with van der Waals surface area (Å²) in [7, 11) is 0. The fourth-order valence-corrected chi connectivity index (χ4v) is 2.02. The monoisotopic (exact) mass is 300 g/mol. The second kappa shape index (κ2) is 5.49. The minimum Gasteiger partial charge on any atom is -0.477 e. The van der Waals surface area contributed by atoms with Crippen LogP contribution < -0.4 is 0 Å². The summed E-state index contributed by atoms with van der Waals surface area (Å²) in [5, 5.41) is 9.05. The Morgan fingerprint density at radius 2 is 1.85 bits per heavy atom. The Morgan fingerprint density at radius 3 is 2.30 bits per heavy atom. The van der Waals surface area contributed by atoms with Crippen molar-refractivity contribution in [2.75, 3.05) is 0 Å². The molecule has 2 heterocycles. The van der Waals surface area contributed by atoms with Gasteiger partial charge in [-0.25, -0.2) is 14.8 Å². The summed E-state index contributed by atoms with van der Waals surface area (Å²) in [6.45, 7) is 0. The Bertz CT molecular complexity index is 612. The SMILES string of the molecule is O=C(O)c1ccc(Sc2ccc(C(F)(F)F)cn2)cn1. The zero-order valence-corrected chi connectivity index (χ0v) is 10.6. The molecule has 0 atom stereocenters. The van der Waals surface area contributed by atoms with Gasteiger partial charge in [0.25, 0.3) is 0 Å². The number of hydrogen-bond acceptors (Lipinski definition) is 4. The first-order chi connectivity index (χ1) is 9.36. The number of halogens is 3. The van der Waals surface area contributed by atoms with Gasteiger partial charge in [0.15, 0.2) is 0 Å². The van der Waals surface area contributed by atoms with Gasteiger partial charge in [-0.15, -0.1) is 0 Å². The Balaban J connectivity index is 2.12. The van der Waals surface area contributed by atoms with Crippen LogP contribution in [0.5, 0.6) is 0 Å². The van der Waals surface area contributed by atoms with Crippen LogP contribution in [0.4, 0.5) is 13.2 Å². The average Bonchev–Trinajstić information content (AvgIpc) is 2.39. The highest BCUT2D eigenvalue weighted by Gasteiger charge is 2.30. The lowest BCUT2D eigenvalue weighted by Crippen LogP contribution is -2.05. The normalized spacial score (nSPS) is 11.3. The van der Waals surface area contributed by atoms with E-state index < -0.39 is 17.7 Å². The van der Waals surface area contributed by atoms with Gasteiger partial charge in [-0.2, -0.15) is 13.2 Å². The highest BCUT2D eigenvalue weighted by molar-refractivity contribution is 7.99. The molecule has 104 valence electrons. The Labute approximate surface area is 115 Å². The lowest BCUT2D eigenvalue weighted by molar-refractivity contribution is -0.137. The van der Waals surface area contributed by atoms with Crippen molar-refractivity contribution in [1.29, 1.82) is 0 Å². The Morgan fingerprint density at radius 1 is 1.10 bits per heavy atom. The molecule has 0 saturated carbocycles. The van der Waals surface area contributed by atoms with Gasteiger partial charge in [0, 0.05) is 17.3 Å². The third kappa shape index (κ3) is 3.47. The molecule has 20 heavy (non-hydrogen) atoms. The first-order valence-electron chi connectivity index (χ1n) is 5.27. The van der Waals surface area contributed by atoms with Crippen molar-refractivity contribution < 1.29 is 23.1 Å². The number of carbonyl (C=O) groups is 1. The first-order valence-corrected chi connectivity index (χ1v) is 6.08. The van der Waals surface area contributed by atoms with E-state index in [1.165, 1.54) is 24.4 Å². The molecule has 0 aliphatic rings. The average molecular weight is 300 g/mol. The molecular weight excluding hydrogens is 293 g/mol. The third-order valence-corrected chi connectivity index (χ3v) is 3.17. The van der Waals surface area contributed by atoms with E-state index in [-0.39, 0.29) is 5.69 Å². The van der Waals surface area contributed by atoms with Crippen molar-refractivity contribution in [1.82, 2.24) is 9.97 Å². The van der Waals surface area contributed by atoms with E-state index in [1.54, 1.807) is 0 Å². The zero-order valence-electron chi connectivity index (χ0n) is 9.76. The van der Waals surface area contributed by atoms with Gasteiger partial charge < -0.3 is 5.11 Å². The van der Waals surface area contributed by atoms with Crippen molar-refractivity contribution in [3.8, 4) is 0 Å². The van der Waals surface area contributed by atoms with Crippen LogP contribution in [-0.4, -0.2) is 21.0 Å². The molecule has 4 nitrogen and oxygen atoms in total. The second-order valence-electron chi connectivity index (χ2n) is 3.67. The Kier molecular flexibility index (Phi) is 3.93. The van der Waals surface area contributed by atoms with E-state index in [9.17, 15) is 18.0 Å². The highest BCUT2D eigenvalue weighted by Crippen LogP contribution is 2.31. The predicted octanol–water partition coefficient (Wildman–Crippen LogP) is 3.34. The molecule has 0 bridgehead atoms. The van der Waals surface area contributed by atoms with Crippen LogP contribution in [0.25, 0.3) is 0 Å². The molecule has 0 unspecified atom stereocenters. The van der Waals surface area contributed by atoms with Crippen LogP contribution in [0.3, 0.4) is 0 Å². The molecule has 0 aliphatic carbocycles. The van der Waals surface area contributed by atoms with Gasteiger partial charge in [-0.3, -0.25) is 0 Å². The molecule has 2 aromatic heterocycles. The van der Waals surface area contributed by atoms with E-state index in [4.69, 9.17) is 5.11 Å². The molecule has 8 heteroatoms. The molecule has 2 aromatic rings.